The molecule has 0 saturated heterocycles. The van der Waals surface area contributed by atoms with Crippen LogP contribution in [0.1, 0.15) is 49.0 Å². The SMILES string of the molecule is CCCN1CCCc2ccc(C(=O)CC)cc21. The summed E-state index contributed by atoms with van der Waals surface area (Å²) < 4.78 is 0. The van der Waals surface area contributed by atoms with Gasteiger partial charge in [-0.15, -0.1) is 0 Å². The molecule has 0 aromatic heterocycles. The minimum Gasteiger partial charge on any atom is -0.371 e. The first-order chi connectivity index (χ1) is 8.26. The van der Waals surface area contributed by atoms with E-state index in [-0.39, 0.29) is 5.78 Å². The van der Waals surface area contributed by atoms with Crippen LogP contribution in [0, 0.1) is 0 Å². The summed E-state index contributed by atoms with van der Waals surface area (Å²) in [5, 5.41) is 0. The van der Waals surface area contributed by atoms with E-state index in [0.717, 1.165) is 31.5 Å². The minimum absolute atomic E-state index is 0.245. The molecule has 1 aliphatic heterocycles. The first-order valence-electron chi connectivity index (χ1n) is 6.67. The molecule has 1 heterocycles. The molecular weight excluding hydrogens is 210 g/mol. The largest absolute Gasteiger partial charge is 0.371 e. The number of benzene rings is 1. The van der Waals surface area contributed by atoms with Crippen molar-refractivity contribution in [3.63, 3.8) is 0 Å². The van der Waals surface area contributed by atoms with E-state index < -0.39 is 0 Å². The Hall–Kier alpha value is -1.31. The van der Waals surface area contributed by atoms with Crippen LogP contribution < -0.4 is 4.90 Å². The fourth-order valence-electron chi connectivity index (χ4n) is 2.53. The van der Waals surface area contributed by atoms with Gasteiger partial charge in [0.2, 0.25) is 0 Å². The zero-order valence-electron chi connectivity index (χ0n) is 10.8. The Morgan fingerprint density at radius 3 is 2.88 bits per heavy atom. The van der Waals surface area contributed by atoms with Gasteiger partial charge in [0.15, 0.2) is 5.78 Å². The Balaban J connectivity index is 2.33. The molecule has 2 nitrogen and oxygen atoms in total. The van der Waals surface area contributed by atoms with Gasteiger partial charge in [-0.2, -0.15) is 0 Å². The third kappa shape index (κ3) is 2.51. The van der Waals surface area contributed by atoms with Crippen molar-refractivity contribution in [1.82, 2.24) is 0 Å². The van der Waals surface area contributed by atoms with Gasteiger partial charge in [0, 0.05) is 30.8 Å². The van der Waals surface area contributed by atoms with Crippen molar-refractivity contribution in [3.05, 3.63) is 29.3 Å². The summed E-state index contributed by atoms with van der Waals surface area (Å²) in [6.07, 6.45) is 4.13. The van der Waals surface area contributed by atoms with E-state index in [4.69, 9.17) is 0 Å². The number of hydrogen-bond acceptors (Lipinski definition) is 2. The van der Waals surface area contributed by atoms with Crippen LogP contribution >= 0.6 is 0 Å². The third-order valence-electron chi connectivity index (χ3n) is 3.44. The summed E-state index contributed by atoms with van der Waals surface area (Å²) in [7, 11) is 0. The average Bonchev–Trinajstić information content (AvgIpc) is 2.38. The van der Waals surface area contributed by atoms with E-state index in [9.17, 15) is 4.79 Å². The zero-order chi connectivity index (χ0) is 12.3. The van der Waals surface area contributed by atoms with Gasteiger partial charge in [-0.05, 0) is 30.9 Å². The van der Waals surface area contributed by atoms with Crippen LogP contribution in [0.15, 0.2) is 18.2 Å². The molecule has 92 valence electrons. The van der Waals surface area contributed by atoms with E-state index in [1.54, 1.807) is 0 Å². The number of fused-ring (bicyclic) bond motifs is 1. The van der Waals surface area contributed by atoms with E-state index >= 15 is 0 Å². The maximum absolute atomic E-state index is 11.7. The molecule has 1 aromatic carbocycles. The summed E-state index contributed by atoms with van der Waals surface area (Å²) in [4.78, 5) is 14.2. The van der Waals surface area contributed by atoms with Gasteiger partial charge < -0.3 is 4.90 Å². The second-order valence-electron chi connectivity index (χ2n) is 4.71. The second kappa shape index (κ2) is 5.35. The van der Waals surface area contributed by atoms with Crippen LogP contribution in [0.2, 0.25) is 0 Å². The van der Waals surface area contributed by atoms with Crippen molar-refractivity contribution in [2.45, 2.75) is 39.5 Å². The maximum atomic E-state index is 11.7. The van der Waals surface area contributed by atoms with Gasteiger partial charge in [-0.1, -0.05) is 26.0 Å². The normalized spacial score (nSPS) is 14.6. The van der Waals surface area contributed by atoms with E-state index in [0.29, 0.717) is 6.42 Å². The van der Waals surface area contributed by atoms with Gasteiger partial charge >= 0.3 is 0 Å². The molecule has 0 N–H and O–H groups in total. The van der Waals surface area contributed by atoms with Crippen molar-refractivity contribution < 1.29 is 4.79 Å². The Bertz CT molecular complexity index is 411. The number of anilines is 1. The van der Waals surface area contributed by atoms with Crippen molar-refractivity contribution in [3.8, 4) is 0 Å². The van der Waals surface area contributed by atoms with Gasteiger partial charge in [0.05, 0.1) is 0 Å². The monoisotopic (exact) mass is 231 g/mol. The van der Waals surface area contributed by atoms with Crippen LogP contribution in [-0.2, 0) is 6.42 Å². The first-order valence-corrected chi connectivity index (χ1v) is 6.67. The highest BCUT2D eigenvalue weighted by Gasteiger charge is 2.17. The lowest BCUT2D eigenvalue weighted by molar-refractivity contribution is 0.0988. The minimum atomic E-state index is 0.245. The van der Waals surface area contributed by atoms with Crippen LogP contribution in [0.5, 0.6) is 0 Å². The molecule has 17 heavy (non-hydrogen) atoms. The standard InChI is InChI=1S/C15H21NO/c1-3-9-16-10-5-6-12-7-8-13(11-14(12)16)15(17)4-2/h7-8,11H,3-6,9-10H2,1-2H3. The zero-order valence-corrected chi connectivity index (χ0v) is 10.8. The molecule has 2 rings (SSSR count). The summed E-state index contributed by atoms with van der Waals surface area (Å²) in [5.74, 6) is 0.245. The fourth-order valence-corrected chi connectivity index (χ4v) is 2.53. The van der Waals surface area contributed by atoms with Crippen LogP contribution in [0.3, 0.4) is 0 Å². The highest BCUT2D eigenvalue weighted by molar-refractivity contribution is 5.97. The van der Waals surface area contributed by atoms with Gasteiger partial charge in [-0.3, -0.25) is 4.79 Å². The lowest BCUT2D eigenvalue weighted by Gasteiger charge is -2.31. The predicted molar refractivity (Wildman–Crippen MR) is 71.9 cm³/mol. The van der Waals surface area contributed by atoms with E-state index in [2.05, 4.69) is 24.0 Å². The van der Waals surface area contributed by atoms with E-state index in [1.165, 1.54) is 17.7 Å². The average molecular weight is 231 g/mol. The quantitative estimate of drug-likeness (QED) is 0.740. The topological polar surface area (TPSA) is 20.3 Å². The summed E-state index contributed by atoms with van der Waals surface area (Å²) in [6, 6.07) is 6.22. The molecule has 0 radical (unpaired) electrons. The summed E-state index contributed by atoms with van der Waals surface area (Å²) in [6.45, 7) is 6.35. The number of Topliss-reactive ketones (excluding diaryl/α,β-unsaturated/α-hetero) is 1. The van der Waals surface area contributed by atoms with Crippen LogP contribution in [-0.4, -0.2) is 18.9 Å². The molecule has 2 heteroatoms. The van der Waals surface area contributed by atoms with Crippen molar-refractivity contribution in [2.75, 3.05) is 18.0 Å². The molecule has 0 atom stereocenters. The number of carbonyl (C=O) groups excluding carboxylic acids is 1. The molecule has 0 spiro atoms. The number of carbonyl (C=O) groups is 1. The lowest BCUT2D eigenvalue weighted by Crippen LogP contribution is -2.30. The fraction of sp³-hybridized carbons (Fsp3) is 0.533. The molecule has 0 saturated carbocycles. The van der Waals surface area contributed by atoms with Gasteiger partial charge in [-0.25, -0.2) is 0 Å². The molecule has 0 fully saturated rings. The molecular formula is C15H21NO. The highest BCUT2D eigenvalue weighted by Crippen LogP contribution is 2.28. The Morgan fingerprint density at radius 1 is 1.35 bits per heavy atom. The highest BCUT2D eigenvalue weighted by atomic mass is 16.1. The van der Waals surface area contributed by atoms with Gasteiger partial charge in [0.1, 0.15) is 0 Å². The predicted octanol–water partition coefficient (Wildman–Crippen LogP) is 3.44. The lowest BCUT2D eigenvalue weighted by atomic mass is 9.97. The number of ketones is 1. The molecule has 0 aliphatic carbocycles. The van der Waals surface area contributed by atoms with Crippen molar-refractivity contribution in [2.24, 2.45) is 0 Å². The van der Waals surface area contributed by atoms with Crippen LogP contribution in [0.4, 0.5) is 5.69 Å². The second-order valence-corrected chi connectivity index (χ2v) is 4.71. The van der Waals surface area contributed by atoms with Crippen molar-refractivity contribution in [1.29, 1.82) is 0 Å². The van der Waals surface area contributed by atoms with Crippen LogP contribution in [0.25, 0.3) is 0 Å². The Kier molecular flexibility index (Phi) is 3.82. The molecule has 0 unspecified atom stereocenters. The Morgan fingerprint density at radius 2 is 2.18 bits per heavy atom. The summed E-state index contributed by atoms with van der Waals surface area (Å²) >= 11 is 0. The smallest absolute Gasteiger partial charge is 0.162 e. The number of hydrogen-bond donors (Lipinski definition) is 0. The molecule has 0 amide bonds. The Labute approximate surface area is 104 Å². The first kappa shape index (κ1) is 12.2. The molecule has 1 aromatic rings. The van der Waals surface area contributed by atoms with E-state index in [1.807, 2.05) is 13.0 Å². The summed E-state index contributed by atoms with van der Waals surface area (Å²) in [5.41, 5.74) is 3.56. The number of rotatable bonds is 4. The third-order valence-corrected chi connectivity index (χ3v) is 3.44. The van der Waals surface area contributed by atoms with Crippen molar-refractivity contribution >= 4 is 11.5 Å². The molecule has 0 bridgehead atoms. The number of aryl methyl sites for hydroxylation is 1. The van der Waals surface area contributed by atoms with Gasteiger partial charge in [0.25, 0.3) is 0 Å². The number of nitrogens with zero attached hydrogens (tertiary/aromatic N) is 1. The maximum Gasteiger partial charge on any atom is 0.162 e. The molecule has 1 aliphatic rings.